The van der Waals surface area contributed by atoms with Crippen LogP contribution in [0.25, 0.3) is 0 Å². The molecule has 1 atom stereocenters. The molecule has 2 rings (SSSR count). The van der Waals surface area contributed by atoms with Crippen LogP contribution >= 0.6 is 0 Å². The number of para-hydroxylation sites is 1. The molecule has 1 fully saturated rings. The Labute approximate surface area is 149 Å². The number of methoxy groups -OCH3 is 2. The molecule has 6 heteroatoms. The van der Waals surface area contributed by atoms with E-state index in [9.17, 15) is 9.59 Å². The summed E-state index contributed by atoms with van der Waals surface area (Å²) in [7, 11) is 3.17. The van der Waals surface area contributed by atoms with Crippen molar-refractivity contribution in [3.8, 4) is 11.5 Å². The zero-order chi connectivity index (χ0) is 18.2. The number of piperidine rings is 1. The second-order valence-electron chi connectivity index (χ2n) is 6.33. The van der Waals surface area contributed by atoms with Gasteiger partial charge in [0.2, 0.25) is 11.8 Å². The van der Waals surface area contributed by atoms with E-state index in [2.05, 4.69) is 5.32 Å². The van der Waals surface area contributed by atoms with Gasteiger partial charge in [-0.1, -0.05) is 12.1 Å². The highest BCUT2D eigenvalue weighted by Gasteiger charge is 2.23. The SMILES string of the molecule is COc1cccc(CCC(=O)N[C@@H](C)C(=O)N2CCCCC2)c1OC. The van der Waals surface area contributed by atoms with Crippen molar-refractivity contribution in [2.45, 2.75) is 45.1 Å². The molecule has 0 bridgehead atoms. The van der Waals surface area contributed by atoms with Gasteiger partial charge in [-0.25, -0.2) is 0 Å². The number of likely N-dealkylation sites (tertiary alicyclic amines) is 1. The first kappa shape index (κ1) is 19.1. The van der Waals surface area contributed by atoms with Gasteiger partial charge in [-0.3, -0.25) is 9.59 Å². The van der Waals surface area contributed by atoms with Crippen molar-refractivity contribution < 1.29 is 19.1 Å². The summed E-state index contributed by atoms with van der Waals surface area (Å²) in [6.07, 6.45) is 4.08. The van der Waals surface area contributed by atoms with Crippen molar-refractivity contribution in [3.63, 3.8) is 0 Å². The lowest BCUT2D eigenvalue weighted by molar-refractivity contribution is -0.136. The Bertz CT molecular complexity index is 597. The predicted molar refractivity (Wildman–Crippen MR) is 95.9 cm³/mol. The van der Waals surface area contributed by atoms with Crippen LogP contribution < -0.4 is 14.8 Å². The van der Waals surface area contributed by atoms with Gasteiger partial charge in [-0.05, 0) is 44.2 Å². The van der Waals surface area contributed by atoms with Gasteiger partial charge < -0.3 is 19.7 Å². The highest BCUT2D eigenvalue weighted by molar-refractivity contribution is 5.87. The fourth-order valence-electron chi connectivity index (χ4n) is 3.16. The first-order valence-electron chi connectivity index (χ1n) is 8.84. The molecule has 1 aromatic rings. The average Bonchev–Trinajstić information content (AvgIpc) is 2.65. The third-order valence-corrected chi connectivity index (χ3v) is 4.52. The Morgan fingerprint density at radius 1 is 1.16 bits per heavy atom. The molecule has 0 aromatic heterocycles. The molecule has 1 heterocycles. The number of carbonyl (C=O) groups excluding carboxylic acids is 2. The Balaban J connectivity index is 1.87. The van der Waals surface area contributed by atoms with Crippen LogP contribution in [-0.2, 0) is 16.0 Å². The number of nitrogens with zero attached hydrogens (tertiary/aromatic N) is 1. The number of amides is 2. The van der Waals surface area contributed by atoms with E-state index in [1.807, 2.05) is 23.1 Å². The van der Waals surface area contributed by atoms with Gasteiger partial charge in [0.05, 0.1) is 14.2 Å². The van der Waals surface area contributed by atoms with Crippen LogP contribution in [0, 0.1) is 0 Å². The Morgan fingerprint density at radius 3 is 2.52 bits per heavy atom. The Kier molecular flexibility index (Phi) is 7.10. The number of carbonyl (C=O) groups is 2. The normalized spacial score (nSPS) is 15.4. The lowest BCUT2D eigenvalue weighted by Crippen LogP contribution is -2.48. The van der Waals surface area contributed by atoms with E-state index in [4.69, 9.17) is 9.47 Å². The number of aryl methyl sites for hydroxylation is 1. The van der Waals surface area contributed by atoms with Crippen LogP contribution in [0.15, 0.2) is 18.2 Å². The third kappa shape index (κ3) is 5.11. The summed E-state index contributed by atoms with van der Waals surface area (Å²) in [6, 6.07) is 5.12. The fourth-order valence-corrected chi connectivity index (χ4v) is 3.16. The maximum Gasteiger partial charge on any atom is 0.244 e. The van der Waals surface area contributed by atoms with Crippen molar-refractivity contribution in [2.75, 3.05) is 27.3 Å². The maximum atomic E-state index is 12.4. The smallest absolute Gasteiger partial charge is 0.244 e. The first-order valence-corrected chi connectivity index (χ1v) is 8.84. The second-order valence-corrected chi connectivity index (χ2v) is 6.33. The Hall–Kier alpha value is -2.24. The number of hydrogen-bond donors (Lipinski definition) is 1. The van der Waals surface area contributed by atoms with Crippen molar-refractivity contribution in [1.82, 2.24) is 10.2 Å². The highest BCUT2D eigenvalue weighted by atomic mass is 16.5. The summed E-state index contributed by atoms with van der Waals surface area (Å²) in [5.41, 5.74) is 0.909. The number of hydrogen-bond acceptors (Lipinski definition) is 4. The van der Waals surface area contributed by atoms with Gasteiger partial charge in [0.1, 0.15) is 6.04 Å². The molecule has 1 aromatic carbocycles. The fraction of sp³-hybridized carbons (Fsp3) is 0.579. The standard InChI is InChI=1S/C19H28N2O4/c1-14(19(23)21-12-5-4-6-13-21)20-17(22)11-10-15-8-7-9-16(24-2)18(15)25-3/h7-9,14H,4-6,10-13H2,1-3H3,(H,20,22)/t14-/m0/s1. The van der Waals surface area contributed by atoms with Gasteiger partial charge in [-0.2, -0.15) is 0 Å². The van der Waals surface area contributed by atoms with Crippen LogP contribution in [0.3, 0.4) is 0 Å². The van der Waals surface area contributed by atoms with Gasteiger partial charge in [0.25, 0.3) is 0 Å². The summed E-state index contributed by atoms with van der Waals surface area (Å²) in [6.45, 7) is 3.33. The highest BCUT2D eigenvalue weighted by Crippen LogP contribution is 2.31. The molecule has 25 heavy (non-hydrogen) atoms. The molecular formula is C19H28N2O4. The first-order chi connectivity index (χ1) is 12.1. The molecule has 1 saturated heterocycles. The molecule has 2 amide bonds. The molecule has 1 aliphatic rings. The minimum absolute atomic E-state index is 0.00649. The van der Waals surface area contributed by atoms with Crippen LogP contribution in [0.1, 0.15) is 38.2 Å². The van der Waals surface area contributed by atoms with E-state index in [1.165, 1.54) is 6.42 Å². The average molecular weight is 348 g/mol. The monoisotopic (exact) mass is 348 g/mol. The molecule has 0 spiro atoms. The quantitative estimate of drug-likeness (QED) is 0.820. The number of ether oxygens (including phenoxy) is 2. The van der Waals surface area contributed by atoms with Gasteiger partial charge >= 0.3 is 0 Å². The minimum atomic E-state index is -0.488. The summed E-state index contributed by atoms with van der Waals surface area (Å²) in [5, 5.41) is 2.81. The molecular weight excluding hydrogens is 320 g/mol. The molecule has 1 N–H and O–H groups in total. The molecule has 0 saturated carbocycles. The van der Waals surface area contributed by atoms with Crippen molar-refractivity contribution in [2.24, 2.45) is 0 Å². The van der Waals surface area contributed by atoms with E-state index >= 15 is 0 Å². The molecule has 0 aliphatic carbocycles. The summed E-state index contributed by atoms with van der Waals surface area (Å²) < 4.78 is 10.7. The zero-order valence-corrected chi connectivity index (χ0v) is 15.3. The van der Waals surface area contributed by atoms with Gasteiger partial charge in [0, 0.05) is 19.5 Å². The van der Waals surface area contributed by atoms with Crippen molar-refractivity contribution >= 4 is 11.8 Å². The van der Waals surface area contributed by atoms with Gasteiger partial charge in [0.15, 0.2) is 11.5 Å². The van der Waals surface area contributed by atoms with E-state index in [0.29, 0.717) is 24.3 Å². The van der Waals surface area contributed by atoms with E-state index < -0.39 is 6.04 Å². The van der Waals surface area contributed by atoms with Crippen LogP contribution in [0.2, 0.25) is 0 Å². The number of rotatable bonds is 7. The summed E-state index contributed by atoms with van der Waals surface area (Å²) in [4.78, 5) is 26.4. The lowest BCUT2D eigenvalue weighted by atomic mass is 10.1. The summed E-state index contributed by atoms with van der Waals surface area (Å²) >= 11 is 0. The minimum Gasteiger partial charge on any atom is -0.493 e. The molecule has 6 nitrogen and oxygen atoms in total. The topological polar surface area (TPSA) is 67.9 Å². The maximum absolute atomic E-state index is 12.4. The van der Waals surface area contributed by atoms with E-state index in [1.54, 1.807) is 21.1 Å². The van der Waals surface area contributed by atoms with Crippen molar-refractivity contribution in [1.29, 1.82) is 0 Å². The van der Waals surface area contributed by atoms with E-state index in [-0.39, 0.29) is 11.8 Å². The zero-order valence-electron chi connectivity index (χ0n) is 15.3. The second kappa shape index (κ2) is 9.30. The molecule has 0 radical (unpaired) electrons. The molecule has 0 unspecified atom stereocenters. The lowest BCUT2D eigenvalue weighted by Gasteiger charge is -2.29. The van der Waals surface area contributed by atoms with Crippen molar-refractivity contribution in [3.05, 3.63) is 23.8 Å². The van der Waals surface area contributed by atoms with Crippen LogP contribution in [0.4, 0.5) is 0 Å². The molecule has 1 aliphatic heterocycles. The number of nitrogens with one attached hydrogen (secondary N) is 1. The molecule has 138 valence electrons. The predicted octanol–water partition coefficient (Wildman–Crippen LogP) is 2.15. The Morgan fingerprint density at radius 2 is 1.88 bits per heavy atom. The van der Waals surface area contributed by atoms with E-state index in [0.717, 1.165) is 31.5 Å². The third-order valence-electron chi connectivity index (χ3n) is 4.52. The van der Waals surface area contributed by atoms with Crippen LogP contribution in [0.5, 0.6) is 11.5 Å². The number of benzene rings is 1. The largest absolute Gasteiger partial charge is 0.493 e. The van der Waals surface area contributed by atoms with Crippen LogP contribution in [-0.4, -0.2) is 50.1 Å². The summed E-state index contributed by atoms with van der Waals surface area (Å²) in [5.74, 6) is 1.17. The van der Waals surface area contributed by atoms with Gasteiger partial charge in [-0.15, -0.1) is 0 Å².